The largest absolute Gasteiger partial charge is 0.396 e. The van der Waals surface area contributed by atoms with Gasteiger partial charge < -0.3 is 19.3 Å². The maximum Gasteiger partial charge on any atom is 0.183 e. The lowest BCUT2D eigenvalue weighted by Gasteiger charge is -2.38. The summed E-state index contributed by atoms with van der Waals surface area (Å²) < 4.78 is 18.5. The summed E-state index contributed by atoms with van der Waals surface area (Å²) in [6, 6.07) is 10.1. The van der Waals surface area contributed by atoms with Gasteiger partial charge in [0.15, 0.2) is 6.29 Å². The lowest BCUT2D eigenvalue weighted by molar-refractivity contribution is -0.251. The third-order valence-electron chi connectivity index (χ3n) is 10.2. The highest BCUT2D eigenvalue weighted by Crippen LogP contribution is 2.32. The number of rotatable bonds is 32. The van der Waals surface area contributed by atoms with Gasteiger partial charge in [-0.05, 0) is 18.8 Å². The van der Waals surface area contributed by atoms with Gasteiger partial charge in [0.25, 0.3) is 0 Å². The molecule has 0 atom stereocenters. The molecule has 1 aliphatic heterocycles. The Morgan fingerprint density at radius 2 is 1.00 bits per heavy atom. The second-order valence-electron chi connectivity index (χ2n) is 14.8. The molecule has 0 radical (unpaired) electrons. The summed E-state index contributed by atoms with van der Waals surface area (Å²) in [5.41, 5.74) is 0.557. The van der Waals surface area contributed by atoms with Crippen LogP contribution in [0.25, 0.3) is 0 Å². The molecular weight excluding hydrogens is 568 g/mol. The van der Waals surface area contributed by atoms with Gasteiger partial charge in [0.2, 0.25) is 0 Å². The molecule has 1 saturated heterocycles. The lowest BCUT2D eigenvalue weighted by atomic mass is 9.91. The van der Waals surface area contributed by atoms with Crippen molar-refractivity contribution in [3.8, 4) is 0 Å². The van der Waals surface area contributed by atoms with Crippen LogP contribution in [0.4, 0.5) is 0 Å². The highest BCUT2D eigenvalue weighted by Gasteiger charge is 2.37. The van der Waals surface area contributed by atoms with Crippen molar-refractivity contribution in [1.82, 2.24) is 0 Å². The zero-order chi connectivity index (χ0) is 32.8. The van der Waals surface area contributed by atoms with Crippen LogP contribution < -0.4 is 0 Å². The van der Waals surface area contributed by atoms with Gasteiger partial charge in [0.1, 0.15) is 0 Å². The van der Waals surface area contributed by atoms with Crippen molar-refractivity contribution in [2.24, 2.45) is 11.3 Å². The van der Waals surface area contributed by atoms with Crippen LogP contribution in [0.1, 0.15) is 193 Å². The molecule has 0 aliphatic carbocycles. The summed E-state index contributed by atoms with van der Waals surface area (Å²) in [4.78, 5) is 0. The molecule has 46 heavy (non-hydrogen) atoms. The monoisotopic (exact) mass is 645 g/mol. The van der Waals surface area contributed by atoms with E-state index < -0.39 is 5.41 Å². The van der Waals surface area contributed by atoms with Crippen LogP contribution in [0.5, 0.6) is 0 Å². The molecule has 1 heterocycles. The van der Waals surface area contributed by atoms with E-state index in [1.165, 1.54) is 167 Å². The first-order valence-electron chi connectivity index (χ1n) is 20.2. The fourth-order valence-electron chi connectivity index (χ4n) is 6.92. The first-order chi connectivity index (χ1) is 22.7. The summed E-state index contributed by atoms with van der Waals surface area (Å²) >= 11 is 0. The molecule has 1 N–H and O–H groups in total. The molecule has 1 aromatic carbocycles. The van der Waals surface area contributed by atoms with Gasteiger partial charge in [0.05, 0.1) is 31.8 Å². The van der Waals surface area contributed by atoms with Crippen LogP contribution in [0.2, 0.25) is 0 Å². The Hall–Kier alpha value is -0.940. The summed E-state index contributed by atoms with van der Waals surface area (Å²) in [6.07, 6.45) is 35.7. The maximum absolute atomic E-state index is 10.3. The van der Waals surface area contributed by atoms with Gasteiger partial charge in [0, 0.05) is 12.2 Å². The minimum atomic E-state index is -0.470. The topological polar surface area (TPSA) is 47.9 Å². The third kappa shape index (κ3) is 20.4. The number of ether oxygens (including phenoxy) is 3. The van der Waals surface area contributed by atoms with Crippen LogP contribution in [0.3, 0.4) is 0 Å². The van der Waals surface area contributed by atoms with Crippen molar-refractivity contribution < 1.29 is 19.3 Å². The highest BCUT2D eigenvalue weighted by molar-refractivity contribution is 5.16. The first kappa shape index (κ1) is 41.2. The second kappa shape index (κ2) is 29.0. The highest BCUT2D eigenvalue weighted by atomic mass is 16.7. The Labute approximate surface area is 286 Å². The smallest absolute Gasteiger partial charge is 0.183 e. The molecule has 0 saturated carbocycles. The Morgan fingerprint density at radius 1 is 0.609 bits per heavy atom. The van der Waals surface area contributed by atoms with Gasteiger partial charge in [-0.15, -0.1) is 0 Å². The Morgan fingerprint density at radius 3 is 1.39 bits per heavy atom. The zero-order valence-corrected chi connectivity index (χ0v) is 30.6. The van der Waals surface area contributed by atoms with E-state index in [1.807, 2.05) is 30.3 Å². The predicted octanol–water partition coefficient (Wildman–Crippen LogP) is 12.5. The summed E-state index contributed by atoms with van der Waals surface area (Å²) in [6.45, 7) is 6.83. The van der Waals surface area contributed by atoms with Crippen LogP contribution >= 0.6 is 0 Å². The second-order valence-corrected chi connectivity index (χ2v) is 14.8. The van der Waals surface area contributed by atoms with E-state index in [0.29, 0.717) is 25.7 Å². The molecule has 0 aromatic heterocycles. The van der Waals surface area contributed by atoms with Crippen molar-refractivity contribution in [1.29, 1.82) is 0 Å². The minimum Gasteiger partial charge on any atom is -0.396 e. The molecule has 0 spiro atoms. The number of hydrogen-bond acceptors (Lipinski definition) is 4. The molecule has 2 rings (SSSR count). The lowest BCUT2D eigenvalue weighted by Crippen LogP contribution is -2.45. The summed E-state index contributed by atoms with van der Waals surface area (Å²) in [7, 11) is 0. The molecular formula is C42H76O4. The SMILES string of the molecule is CCCCCCCCCCCCCCC(CCCCCCCCCCCCCC)COCC1(CO)COC(c2ccccc2)OC1. The van der Waals surface area contributed by atoms with E-state index >= 15 is 0 Å². The molecule has 0 amide bonds. The van der Waals surface area contributed by atoms with Crippen LogP contribution in [-0.4, -0.2) is 38.1 Å². The summed E-state index contributed by atoms with van der Waals surface area (Å²) in [5.74, 6) is 0.615. The predicted molar refractivity (Wildman–Crippen MR) is 196 cm³/mol. The van der Waals surface area contributed by atoms with E-state index in [4.69, 9.17) is 14.2 Å². The molecule has 268 valence electrons. The molecule has 1 fully saturated rings. The van der Waals surface area contributed by atoms with Crippen LogP contribution in [-0.2, 0) is 14.2 Å². The van der Waals surface area contributed by atoms with E-state index in [-0.39, 0.29) is 12.9 Å². The van der Waals surface area contributed by atoms with Crippen molar-refractivity contribution >= 4 is 0 Å². The Bertz CT molecular complexity index is 732. The fraction of sp³-hybridized carbons (Fsp3) is 0.857. The minimum absolute atomic E-state index is 0.0245. The average Bonchev–Trinajstić information content (AvgIpc) is 3.09. The molecule has 0 unspecified atom stereocenters. The van der Waals surface area contributed by atoms with Crippen LogP contribution in [0, 0.1) is 11.3 Å². The van der Waals surface area contributed by atoms with Gasteiger partial charge in [-0.1, -0.05) is 198 Å². The van der Waals surface area contributed by atoms with Crippen LogP contribution in [0.15, 0.2) is 30.3 Å². The quantitative estimate of drug-likeness (QED) is 0.0793. The van der Waals surface area contributed by atoms with Crippen molar-refractivity contribution in [3.63, 3.8) is 0 Å². The van der Waals surface area contributed by atoms with Gasteiger partial charge in [-0.25, -0.2) is 0 Å². The van der Waals surface area contributed by atoms with Gasteiger partial charge in [-0.3, -0.25) is 0 Å². The Kier molecular flexibility index (Phi) is 26.0. The fourth-order valence-corrected chi connectivity index (χ4v) is 6.92. The number of aliphatic hydroxyl groups is 1. The van der Waals surface area contributed by atoms with E-state index in [9.17, 15) is 5.11 Å². The average molecular weight is 645 g/mol. The van der Waals surface area contributed by atoms with E-state index in [0.717, 1.165) is 12.2 Å². The van der Waals surface area contributed by atoms with Crippen molar-refractivity contribution in [2.45, 2.75) is 187 Å². The first-order valence-corrected chi connectivity index (χ1v) is 20.2. The van der Waals surface area contributed by atoms with Crippen molar-refractivity contribution in [3.05, 3.63) is 35.9 Å². The number of benzene rings is 1. The number of unbranched alkanes of at least 4 members (excludes halogenated alkanes) is 22. The zero-order valence-electron chi connectivity index (χ0n) is 30.6. The third-order valence-corrected chi connectivity index (χ3v) is 10.2. The standard InChI is InChI=1S/C42H76O4/c1-3-5-7-9-11-13-15-17-19-21-23-26-30-39(31-27-24-22-20-18-16-14-12-10-8-6-4-2)34-44-36-42(35-43)37-45-41(46-38-42)40-32-28-25-29-33-40/h25,28-29,32-33,39,41,43H,3-24,26-27,30-31,34-38H2,1-2H3. The number of hydrogen-bond donors (Lipinski definition) is 1. The van der Waals surface area contributed by atoms with Crippen molar-refractivity contribution in [2.75, 3.05) is 33.0 Å². The Balaban J connectivity index is 1.63. The molecule has 4 heteroatoms. The van der Waals surface area contributed by atoms with E-state index in [1.54, 1.807) is 0 Å². The molecule has 1 aliphatic rings. The molecule has 0 bridgehead atoms. The number of aliphatic hydroxyl groups excluding tert-OH is 1. The van der Waals surface area contributed by atoms with E-state index in [2.05, 4.69) is 13.8 Å². The normalized spacial score (nSPS) is 18.5. The molecule has 4 nitrogen and oxygen atoms in total. The summed E-state index contributed by atoms with van der Waals surface area (Å²) in [5, 5.41) is 10.3. The van der Waals surface area contributed by atoms with Gasteiger partial charge >= 0.3 is 0 Å². The van der Waals surface area contributed by atoms with Gasteiger partial charge in [-0.2, -0.15) is 0 Å². The molecule has 1 aromatic rings. The maximum atomic E-state index is 10.3.